The fourth-order valence-electron chi connectivity index (χ4n) is 4.48. The van der Waals surface area contributed by atoms with E-state index in [0.29, 0.717) is 0 Å². The van der Waals surface area contributed by atoms with Gasteiger partial charge in [-0.15, -0.1) is 0 Å². The molecule has 5 nitrogen and oxygen atoms in total. The summed E-state index contributed by atoms with van der Waals surface area (Å²) in [5.74, 6) is -0.391. The molecule has 2 atom stereocenters. The van der Waals surface area contributed by atoms with Crippen LogP contribution < -0.4 is 10.1 Å². The Labute approximate surface area is 190 Å². The van der Waals surface area contributed by atoms with E-state index in [1.807, 2.05) is 47.5 Å². The van der Waals surface area contributed by atoms with E-state index in [4.69, 9.17) is 9.84 Å². The number of hydrogen-bond donors (Lipinski definition) is 1. The molecule has 1 amide bonds. The molecule has 6 rings (SSSR count). The molecule has 0 aliphatic carbocycles. The third kappa shape index (κ3) is 3.02. The van der Waals surface area contributed by atoms with Crippen molar-refractivity contribution in [2.75, 3.05) is 0 Å². The lowest BCUT2D eigenvalue weighted by atomic mass is 9.95. The molecule has 3 aromatic rings. The largest absolute Gasteiger partial charge is 0.444 e. The number of hydrazone groups is 1. The van der Waals surface area contributed by atoms with E-state index in [1.54, 1.807) is 0 Å². The van der Waals surface area contributed by atoms with Crippen molar-refractivity contribution in [1.29, 1.82) is 0 Å². The molecule has 1 saturated heterocycles. The highest BCUT2D eigenvalue weighted by molar-refractivity contribution is 8.17. The summed E-state index contributed by atoms with van der Waals surface area (Å²) in [6.45, 7) is 2.06. The summed E-state index contributed by atoms with van der Waals surface area (Å²) in [5.41, 5.74) is 5.34. The zero-order valence-electron chi connectivity index (χ0n) is 17.5. The molecule has 1 spiro atoms. The number of thioether (sulfide) groups is 1. The number of carbonyl (C=O) groups is 1. The molecule has 0 saturated carbocycles. The van der Waals surface area contributed by atoms with E-state index in [-0.39, 0.29) is 11.3 Å². The van der Waals surface area contributed by atoms with Crippen LogP contribution in [0.2, 0.25) is 0 Å². The van der Waals surface area contributed by atoms with Gasteiger partial charge < -0.3 is 4.74 Å². The van der Waals surface area contributed by atoms with Crippen LogP contribution in [-0.4, -0.2) is 21.8 Å². The summed E-state index contributed by atoms with van der Waals surface area (Å²) in [6, 6.07) is 26.4. The fourth-order valence-corrected chi connectivity index (χ4v) is 5.39. The average Bonchev–Trinajstić information content (AvgIpc) is 3.39. The van der Waals surface area contributed by atoms with Crippen LogP contribution in [0, 0.1) is 6.92 Å². The molecule has 3 heterocycles. The predicted molar refractivity (Wildman–Crippen MR) is 127 cm³/mol. The molecule has 32 heavy (non-hydrogen) atoms. The third-order valence-corrected chi connectivity index (χ3v) is 6.96. The van der Waals surface area contributed by atoms with Gasteiger partial charge in [-0.1, -0.05) is 78.4 Å². The highest BCUT2D eigenvalue weighted by Crippen LogP contribution is 2.52. The second kappa shape index (κ2) is 7.28. The highest BCUT2D eigenvalue weighted by atomic mass is 32.2. The van der Waals surface area contributed by atoms with Gasteiger partial charge in [0, 0.05) is 12.0 Å². The zero-order chi connectivity index (χ0) is 21.7. The van der Waals surface area contributed by atoms with Crippen molar-refractivity contribution < 1.29 is 9.53 Å². The van der Waals surface area contributed by atoms with Crippen LogP contribution in [0.5, 0.6) is 5.75 Å². The molecule has 158 valence electrons. The first-order valence-corrected chi connectivity index (χ1v) is 11.4. The van der Waals surface area contributed by atoms with Crippen LogP contribution >= 0.6 is 11.8 Å². The molecule has 3 aromatic carbocycles. The maximum atomic E-state index is 12.7. The average molecular weight is 440 g/mol. The van der Waals surface area contributed by atoms with Gasteiger partial charge in [-0.25, -0.2) is 5.01 Å². The number of carbonyl (C=O) groups excluding carboxylic acids is 1. The van der Waals surface area contributed by atoms with Crippen molar-refractivity contribution >= 4 is 28.8 Å². The van der Waals surface area contributed by atoms with Gasteiger partial charge >= 0.3 is 5.85 Å². The van der Waals surface area contributed by atoms with E-state index in [9.17, 15) is 4.79 Å². The lowest BCUT2D eigenvalue weighted by Crippen LogP contribution is -2.61. The third-order valence-electron chi connectivity index (χ3n) is 6.06. The minimum absolute atomic E-state index is 0.0319. The van der Waals surface area contributed by atoms with E-state index in [0.717, 1.165) is 39.5 Å². The maximum absolute atomic E-state index is 12.7. The van der Waals surface area contributed by atoms with Crippen molar-refractivity contribution in [3.8, 4) is 5.75 Å². The Hall–Kier alpha value is -3.51. The molecule has 3 aliphatic rings. The van der Waals surface area contributed by atoms with Crippen LogP contribution in [0.1, 0.15) is 34.7 Å². The smallest absolute Gasteiger partial charge is 0.314 e. The first-order chi connectivity index (χ1) is 15.6. The lowest BCUT2D eigenvalue weighted by Gasteiger charge is -2.45. The Kier molecular flexibility index (Phi) is 4.36. The Morgan fingerprint density at radius 3 is 2.62 bits per heavy atom. The molecule has 6 heteroatoms. The van der Waals surface area contributed by atoms with Crippen LogP contribution in [0.3, 0.4) is 0 Å². The van der Waals surface area contributed by atoms with E-state index >= 15 is 0 Å². The number of ether oxygens (including phenoxy) is 1. The number of benzene rings is 3. The molecular weight excluding hydrogens is 418 g/mol. The molecule has 0 aromatic heterocycles. The fraction of sp³-hybridized carbons (Fsp3) is 0.154. The summed E-state index contributed by atoms with van der Waals surface area (Å²) in [6.07, 6.45) is 2.76. The zero-order valence-corrected chi connectivity index (χ0v) is 18.3. The Balaban J connectivity index is 1.51. The molecule has 3 aliphatic heterocycles. The van der Waals surface area contributed by atoms with E-state index in [2.05, 4.69) is 54.7 Å². The Bertz CT molecular complexity index is 1270. The van der Waals surface area contributed by atoms with Gasteiger partial charge in [-0.2, -0.15) is 5.10 Å². The van der Waals surface area contributed by atoms with Gasteiger partial charge in [0.05, 0.1) is 16.7 Å². The normalized spacial score (nSPS) is 24.7. The number of nitrogens with one attached hydrogen (secondary N) is 1. The Morgan fingerprint density at radius 1 is 1.06 bits per heavy atom. The van der Waals surface area contributed by atoms with Crippen LogP contribution in [0.4, 0.5) is 4.79 Å². The van der Waals surface area contributed by atoms with Gasteiger partial charge in [0.15, 0.2) is 0 Å². The van der Waals surface area contributed by atoms with Crippen LogP contribution in [-0.2, 0) is 0 Å². The minimum Gasteiger partial charge on any atom is -0.444 e. The van der Waals surface area contributed by atoms with E-state index < -0.39 is 5.85 Å². The number of aryl methyl sites for hydroxylation is 1. The maximum Gasteiger partial charge on any atom is 0.314 e. The van der Waals surface area contributed by atoms with E-state index in [1.165, 1.54) is 17.3 Å². The number of amides is 1. The molecule has 1 fully saturated rings. The predicted octanol–water partition coefficient (Wildman–Crippen LogP) is 5.69. The highest BCUT2D eigenvalue weighted by Gasteiger charge is 2.58. The quantitative estimate of drug-likeness (QED) is 0.557. The number of nitrogens with zero attached hydrogens (tertiary/aromatic N) is 2. The molecule has 1 N–H and O–H groups in total. The molecular formula is C26H21N3O2S. The monoisotopic (exact) mass is 439 g/mol. The second-order valence-electron chi connectivity index (χ2n) is 8.19. The summed E-state index contributed by atoms with van der Waals surface area (Å²) >= 11 is 1.17. The summed E-state index contributed by atoms with van der Waals surface area (Å²) < 4.78 is 6.56. The second-order valence-corrected chi connectivity index (χ2v) is 9.21. The van der Waals surface area contributed by atoms with Crippen molar-refractivity contribution in [2.24, 2.45) is 5.10 Å². The number of rotatable bonds is 2. The van der Waals surface area contributed by atoms with Gasteiger partial charge in [-0.05, 0) is 42.0 Å². The SMILES string of the molecule is Cc1ccc(/C=C2\SC(=O)N[C@]23Oc2ccccc2[C@H]2CC(c4ccccc4)=NN23)cc1. The van der Waals surface area contributed by atoms with Crippen LogP contribution in [0.15, 0.2) is 88.9 Å². The lowest BCUT2D eigenvalue weighted by molar-refractivity contribution is -0.0949. The molecule has 0 bridgehead atoms. The molecule has 0 unspecified atom stereocenters. The van der Waals surface area contributed by atoms with Crippen molar-refractivity contribution in [3.05, 3.63) is 106 Å². The summed E-state index contributed by atoms with van der Waals surface area (Å²) in [4.78, 5) is 13.5. The standard InChI is InChI=1S/C26H21N3O2S/c1-17-11-13-18(14-12-17)15-24-26(27-25(30)32-24)29-22(20-9-5-6-10-23(20)31-26)16-21(28-29)19-7-3-2-4-8-19/h2-15,22H,16H2,1H3,(H,27,30)/b24-15-/t22-,26-/m1/s1. The van der Waals surface area contributed by atoms with Crippen LogP contribution in [0.25, 0.3) is 6.08 Å². The van der Waals surface area contributed by atoms with Crippen molar-refractivity contribution in [2.45, 2.75) is 25.2 Å². The number of fused-ring (bicyclic) bond motifs is 4. The van der Waals surface area contributed by atoms with Crippen molar-refractivity contribution in [3.63, 3.8) is 0 Å². The number of hydrogen-bond acceptors (Lipinski definition) is 5. The van der Waals surface area contributed by atoms with Crippen molar-refractivity contribution in [1.82, 2.24) is 10.3 Å². The van der Waals surface area contributed by atoms with Gasteiger partial charge in [0.2, 0.25) is 0 Å². The number of para-hydroxylation sites is 1. The van der Waals surface area contributed by atoms with Gasteiger partial charge in [-0.3, -0.25) is 10.1 Å². The topological polar surface area (TPSA) is 53.9 Å². The first kappa shape index (κ1) is 19.2. The Morgan fingerprint density at radius 2 is 1.81 bits per heavy atom. The minimum atomic E-state index is -1.16. The van der Waals surface area contributed by atoms with Gasteiger partial charge in [0.1, 0.15) is 5.75 Å². The van der Waals surface area contributed by atoms with Gasteiger partial charge in [0.25, 0.3) is 5.24 Å². The summed E-state index contributed by atoms with van der Waals surface area (Å²) in [7, 11) is 0. The summed E-state index contributed by atoms with van der Waals surface area (Å²) in [5, 5.41) is 9.89. The first-order valence-electron chi connectivity index (χ1n) is 10.6. The molecule has 0 radical (unpaired) electrons.